The maximum absolute atomic E-state index is 11.8. The van der Waals surface area contributed by atoms with Crippen LogP contribution in [0, 0.1) is 0 Å². The van der Waals surface area contributed by atoms with Gasteiger partial charge < -0.3 is 15.1 Å². The lowest BCUT2D eigenvalue weighted by Gasteiger charge is -2.32. The van der Waals surface area contributed by atoms with Gasteiger partial charge in [0.05, 0.1) is 0 Å². The maximum atomic E-state index is 11.8. The van der Waals surface area contributed by atoms with Crippen LogP contribution in [0.3, 0.4) is 0 Å². The Labute approximate surface area is 113 Å². The molecule has 1 aromatic rings. The molecule has 1 fully saturated rings. The van der Waals surface area contributed by atoms with E-state index in [1.807, 2.05) is 0 Å². The zero-order valence-electron chi connectivity index (χ0n) is 11.2. The summed E-state index contributed by atoms with van der Waals surface area (Å²) in [6.07, 6.45) is 3.27. The van der Waals surface area contributed by atoms with Crippen molar-refractivity contribution in [1.82, 2.24) is 20.2 Å². The first-order chi connectivity index (χ1) is 9.20. The molecular formula is C13H19N5O. The molecule has 19 heavy (non-hydrogen) atoms. The Kier molecular flexibility index (Phi) is 4.46. The molecule has 1 aliphatic heterocycles. The molecule has 1 aliphatic rings. The van der Waals surface area contributed by atoms with Crippen LogP contribution in [0.4, 0.5) is 5.95 Å². The van der Waals surface area contributed by atoms with Crippen LogP contribution in [-0.2, 0) is 0 Å². The van der Waals surface area contributed by atoms with Gasteiger partial charge in [0, 0.05) is 38.9 Å². The molecule has 0 saturated carbocycles. The Hall–Kier alpha value is -1.95. The lowest BCUT2D eigenvalue weighted by molar-refractivity contribution is 0.0953. The number of hydrogen-bond donors (Lipinski definition) is 1. The quantitative estimate of drug-likeness (QED) is 0.781. The molecule has 0 bridgehead atoms. The van der Waals surface area contributed by atoms with Crippen molar-refractivity contribution in [3.05, 3.63) is 30.6 Å². The van der Waals surface area contributed by atoms with Crippen LogP contribution in [0.2, 0.25) is 0 Å². The first-order valence-electron chi connectivity index (χ1n) is 6.36. The summed E-state index contributed by atoms with van der Waals surface area (Å²) < 4.78 is 0. The molecule has 2 heterocycles. The third-order valence-electron chi connectivity index (χ3n) is 3.07. The second-order valence-corrected chi connectivity index (χ2v) is 4.53. The van der Waals surface area contributed by atoms with Gasteiger partial charge in [0.2, 0.25) is 5.95 Å². The Morgan fingerprint density at radius 3 is 2.89 bits per heavy atom. The minimum absolute atomic E-state index is 0.197. The number of carbonyl (C=O) groups is 1. The van der Waals surface area contributed by atoms with Gasteiger partial charge in [-0.15, -0.1) is 6.58 Å². The van der Waals surface area contributed by atoms with E-state index in [2.05, 4.69) is 38.7 Å². The zero-order valence-corrected chi connectivity index (χ0v) is 11.2. The largest absolute Gasteiger partial charge is 0.347 e. The smallest absolute Gasteiger partial charge is 0.270 e. The van der Waals surface area contributed by atoms with E-state index >= 15 is 0 Å². The Balaban J connectivity index is 2.06. The van der Waals surface area contributed by atoms with Gasteiger partial charge in [-0.05, 0) is 13.1 Å². The van der Waals surface area contributed by atoms with Gasteiger partial charge in [-0.2, -0.15) is 0 Å². The SMILES string of the molecule is C=CCNC(=O)c1ccnc(N2CCN(C)CC2)n1. The molecule has 102 valence electrons. The number of carbonyl (C=O) groups excluding carboxylic acids is 1. The summed E-state index contributed by atoms with van der Waals surface area (Å²) in [6, 6.07) is 1.62. The molecule has 0 atom stereocenters. The zero-order chi connectivity index (χ0) is 13.7. The molecule has 6 heteroatoms. The lowest BCUT2D eigenvalue weighted by atomic mass is 10.3. The number of rotatable bonds is 4. The highest BCUT2D eigenvalue weighted by Crippen LogP contribution is 2.10. The minimum atomic E-state index is -0.197. The van der Waals surface area contributed by atoms with Crippen molar-refractivity contribution in [1.29, 1.82) is 0 Å². The molecule has 6 nitrogen and oxygen atoms in total. The average Bonchev–Trinajstić information content (AvgIpc) is 2.45. The van der Waals surface area contributed by atoms with Gasteiger partial charge in [0.1, 0.15) is 5.69 Å². The average molecular weight is 261 g/mol. The molecular weight excluding hydrogens is 242 g/mol. The Morgan fingerprint density at radius 2 is 2.21 bits per heavy atom. The number of hydrogen-bond acceptors (Lipinski definition) is 5. The number of amides is 1. The highest BCUT2D eigenvalue weighted by atomic mass is 16.1. The standard InChI is InChI=1S/C13H19N5O/c1-3-5-14-12(19)11-4-6-15-13(16-11)18-9-7-17(2)8-10-18/h3-4,6H,1,5,7-10H2,2H3,(H,14,19). The van der Waals surface area contributed by atoms with Crippen molar-refractivity contribution in [2.75, 3.05) is 44.7 Å². The Morgan fingerprint density at radius 1 is 1.47 bits per heavy atom. The topological polar surface area (TPSA) is 61.4 Å². The fraction of sp³-hybridized carbons (Fsp3) is 0.462. The first-order valence-corrected chi connectivity index (χ1v) is 6.36. The number of nitrogens with one attached hydrogen (secondary N) is 1. The van der Waals surface area contributed by atoms with E-state index in [4.69, 9.17) is 0 Å². The van der Waals surface area contributed by atoms with Crippen LogP contribution in [0.1, 0.15) is 10.5 Å². The second kappa shape index (κ2) is 6.29. The summed E-state index contributed by atoms with van der Waals surface area (Å²) >= 11 is 0. The molecule has 1 amide bonds. The third kappa shape index (κ3) is 3.51. The minimum Gasteiger partial charge on any atom is -0.347 e. The lowest BCUT2D eigenvalue weighted by Crippen LogP contribution is -2.45. The monoisotopic (exact) mass is 261 g/mol. The molecule has 0 unspecified atom stereocenters. The van der Waals surface area contributed by atoms with Crippen LogP contribution < -0.4 is 10.2 Å². The van der Waals surface area contributed by atoms with E-state index in [1.165, 1.54) is 0 Å². The predicted molar refractivity (Wildman–Crippen MR) is 74.3 cm³/mol. The van der Waals surface area contributed by atoms with Crippen LogP contribution >= 0.6 is 0 Å². The summed E-state index contributed by atoms with van der Waals surface area (Å²) in [5.41, 5.74) is 0.394. The van der Waals surface area contributed by atoms with E-state index in [-0.39, 0.29) is 5.91 Å². The summed E-state index contributed by atoms with van der Waals surface area (Å²) in [6.45, 7) is 7.73. The fourth-order valence-corrected chi connectivity index (χ4v) is 1.89. The molecule has 0 radical (unpaired) electrons. The van der Waals surface area contributed by atoms with E-state index in [0.717, 1.165) is 26.2 Å². The van der Waals surface area contributed by atoms with Crippen LogP contribution in [0.5, 0.6) is 0 Å². The third-order valence-corrected chi connectivity index (χ3v) is 3.07. The summed E-state index contributed by atoms with van der Waals surface area (Å²) in [7, 11) is 2.09. The van der Waals surface area contributed by atoms with Crippen LogP contribution in [-0.4, -0.2) is 60.5 Å². The van der Waals surface area contributed by atoms with Crippen molar-refractivity contribution >= 4 is 11.9 Å². The Bertz CT molecular complexity index is 454. The van der Waals surface area contributed by atoms with Crippen molar-refractivity contribution in [2.45, 2.75) is 0 Å². The molecule has 2 rings (SSSR count). The number of piperazine rings is 1. The first kappa shape index (κ1) is 13.5. The van der Waals surface area contributed by atoms with Gasteiger partial charge in [-0.1, -0.05) is 6.08 Å². The van der Waals surface area contributed by atoms with Crippen LogP contribution in [0.25, 0.3) is 0 Å². The fourth-order valence-electron chi connectivity index (χ4n) is 1.89. The van der Waals surface area contributed by atoms with Gasteiger partial charge in [-0.3, -0.25) is 4.79 Å². The molecule has 1 saturated heterocycles. The van der Waals surface area contributed by atoms with Gasteiger partial charge in [-0.25, -0.2) is 9.97 Å². The number of aromatic nitrogens is 2. The molecule has 0 aliphatic carbocycles. The number of anilines is 1. The van der Waals surface area contributed by atoms with E-state index in [0.29, 0.717) is 18.2 Å². The number of likely N-dealkylation sites (N-methyl/N-ethyl adjacent to an activating group) is 1. The summed E-state index contributed by atoms with van der Waals surface area (Å²) in [5.74, 6) is 0.428. The van der Waals surface area contributed by atoms with E-state index < -0.39 is 0 Å². The van der Waals surface area contributed by atoms with Gasteiger partial charge in [0.25, 0.3) is 5.91 Å². The molecule has 0 aromatic carbocycles. The van der Waals surface area contributed by atoms with E-state index in [1.54, 1.807) is 18.3 Å². The predicted octanol–water partition coefficient (Wildman–Crippen LogP) is 0.144. The van der Waals surface area contributed by atoms with Gasteiger partial charge in [0.15, 0.2) is 0 Å². The van der Waals surface area contributed by atoms with Crippen molar-refractivity contribution in [3.8, 4) is 0 Å². The molecule has 0 spiro atoms. The summed E-state index contributed by atoms with van der Waals surface area (Å²) in [5, 5.41) is 2.71. The maximum Gasteiger partial charge on any atom is 0.270 e. The van der Waals surface area contributed by atoms with Crippen molar-refractivity contribution < 1.29 is 4.79 Å². The summed E-state index contributed by atoms with van der Waals surface area (Å²) in [4.78, 5) is 24.7. The normalized spacial score (nSPS) is 16.2. The van der Waals surface area contributed by atoms with Gasteiger partial charge >= 0.3 is 0 Å². The number of nitrogens with zero attached hydrogens (tertiary/aromatic N) is 4. The molecule has 1 N–H and O–H groups in total. The highest BCUT2D eigenvalue weighted by molar-refractivity contribution is 5.92. The van der Waals surface area contributed by atoms with Crippen LogP contribution in [0.15, 0.2) is 24.9 Å². The highest BCUT2D eigenvalue weighted by Gasteiger charge is 2.17. The second-order valence-electron chi connectivity index (χ2n) is 4.53. The molecule has 1 aromatic heterocycles. The van der Waals surface area contributed by atoms with Crippen molar-refractivity contribution in [3.63, 3.8) is 0 Å². The van der Waals surface area contributed by atoms with Crippen molar-refractivity contribution in [2.24, 2.45) is 0 Å². The van der Waals surface area contributed by atoms with E-state index in [9.17, 15) is 4.79 Å².